The van der Waals surface area contributed by atoms with Gasteiger partial charge in [-0.3, -0.25) is 0 Å². The molecule has 4 nitrogen and oxygen atoms in total. The molecule has 0 aromatic heterocycles. The standard InChI is InChI=1S/C5H8O4/c6-1-4-5(2-7)9-3-8-4/h6-7H,1-3H2. The van der Waals surface area contributed by atoms with Gasteiger partial charge in [0.1, 0.15) is 13.2 Å². The van der Waals surface area contributed by atoms with Crippen LogP contribution < -0.4 is 0 Å². The highest BCUT2D eigenvalue weighted by atomic mass is 16.7. The van der Waals surface area contributed by atoms with Crippen LogP contribution in [0.25, 0.3) is 0 Å². The first-order chi connectivity index (χ1) is 4.38. The van der Waals surface area contributed by atoms with Gasteiger partial charge in [0.05, 0.1) is 0 Å². The Kier molecular flexibility index (Phi) is 1.92. The van der Waals surface area contributed by atoms with Crippen molar-refractivity contribution < 1.29 is 19.7 Å². The van der Waals surface area contributed by atoms with E-state index >= 15 is 0 Å². The van der Waals surface area contributed by atoms with Crippen molar-refractivity contribution in [3.63, 3.8) is 0 Å². The molecule has 0 fully saturated rings. The molecule has 0 aliphatic carbocycles. The van der Waals surface area contributed by atoms with Crippen LogP contribution in [0, 0.1) is 0 Å². The number of aliphatic hydroxyl groups excluding tert-OH is 2. The van der Waals surface area contributed by atoms with Gasteiger partial charge in [0.15, 0.2) is 11.5 Å². The van der Waals surface area contributed by atoms with Gasteiger partial charge in [-0.15, -0.1) is 0 Å². The first-order valence-electron chi connectivity index (χ1n) is 2.58. The highest BCUT2D eigenvalue weighted by Gasteiger charge is 2.14. The predicted octanol–water partition coefficient (Wildman–Crippen LogP) is -0.813. The van der Waals surface area contributed by atoms with Crippen molar-refractivity contribution in [2.75, 3.05) is 20.0 Å². The summed E-state index contributed by atoms with van der Waals surface area (Å²) in [7, 11) is 0. The van der Waals surface area contributed by atoms with Crippen molar-refractivity contribution in [3.8, 4) is 0 Å². The normalized spacial score (nSPS) is 17.6. The van der Waals surface area contributed by atoms with E-state index in [9.17, 15) is 0 Å². The summed E-state index contributed by atoms with van der Waals surface area (Å²) in [5.74, 6) is 0.662. The van der Waals surface area contributed by atoms with E-state index in [0.717, 1.165) is 0 Å². The Bertz CT molecular complexity index is 115. The van der Waals surface area contributed by atoms with Crippen LogP contribution >= 0.6 is 0 Å². The van der Waals surface area contributed by atoms with Crippen LogP contribution in [0.3, 0.4) is 0 Å². The third-order valence-corrected chi connectivity index (χ3v) is 1.06. The second-order valence-electron chi connectivity index (χ2n) is 1.57. The molecule has 2 N–H and O–H groups in total. The fourth-order valence-electron chi connectivity index (χ4n) is 0.600. The smallest absolute Gasteiger partial charge is 0.230 e. The van der Waals surface area contributed by atoms with Gasteiger partial charge in [-0.1, -0.05) is 0 Å². The van der Waals surface area contributed by atoms with E-state index in [0.29, 0.717) is 11.5 Å². The third-order valence-electron chi connectivity index (χ3n) is 1.06. The molecule has 0 unspecified atom stereocenters. The van der Waals surface area contributed by atoms with Gasteiger partial charge < -0.3 is 19.7 Å². The van der Waals surface area contributed by atoms with Gasteiger partial charge in [-0.2, -0.15) is 0 Å². The topological polar surface area (TPSA) is 58.9 Å². The molecule has 0 aromatic carbocycles. The summed E-state index contributed by atoms with van der Waals surface area (Å²) >= 11 is 0. The van der Waals surface area contributed by atoms with Crippen LogP contribution in [-0.4, -0.2) is 30.2 Å². The van der Waals surface area contributed by atoms with Gasteiger partial charge >= 0.3 is 0 Å². The lowest BCUT2D eigenvalue weighted by atomic mass is 10.4. The summed E-state index contributed by atoms with van der Waals surface area (Å²) < 4.78 is 9.51. The summed E-state index contributed by atoms with van der Waals surface area (Å²) in [4.78, 5) is 0. The van der Waals surface area contributed by atoms with E-state index < -0.39 is 0 Å². The van der Waals surface area contributed by atoms with E-state index in [1.54, 1.807) is 0 Å². The van der Waals surface area contributed by atoms with E-state index in [-0.39, 0.29) is 20.0 Å². The molecule has 4 heteroatoms. The van der Waals surface area contributed by atoms with Gasteiger partial charge in [0.2, 0.25) is 6.79 Å². The molecular weight excluding hydrogens is 124 g/mol. The van der Waals surface area contributed by atoms with Crippen molar-refractivity contribution in [1.29, 1.82) is 0 Å². The zero-order valence-corrected chi connectivity index (χ0v) is 4.83. The van der Waals surface area contributed by atoms with Crippen molar-refractivity contribution in [2.45, 2.75) is 0 Å². The third kappa shape index (κ3) is 1.14. The number of aliphatic hydroxyl groups is 2. The minimum absolute atomic E-state index is 0.103. The molecule has 0 saturated heterocycles. The highest BCUT2D eigenvalue weighted by Crippen LogP contribution is 2.13. The molecule has 52 valence electrons. The van der Waals surface area contributed by atoms with E-state index in [2.05, 4.69) is 0 Å². The Balaban J connectivity index is 2.59. The van der Waals surface area contributed by atoms with E-state index in [1.807, 2.05) is 0 Å². The molecule has 0 amide bonds. The van der Waals surface area contributed by atoms with E-state index in [1.165, 1.54) is 0 Å². The summed E-state index contributed by atoms with van der Waals surface area (Å²) in [5, 5.41) is 17.0. The highest BCUT2D eigenvalue weighted by molar-refractivity contribution is 5.04. The molecule has 0 bridgehead atoms. The SMILES string of the molecule is OCC1=C(CO)OCO1. The largest absolute Gasteiger partial charge is 0.456 e. The molecule has 1 rings (SSSR count). The number of hydrogen-bond donors (Lipinski definition) is 2. The monoisotopic (exact) mass is 132 g/mol. The Morgan fingerprint density at radius 2 is 1.56 bits per heavy atom. The minimum Gasteiger partial charge on any atom is -0.456 e. The van der Waals surface area contributed by atoms with Crippen LogP contribution in [0.2, 0.25) is 0 Å². The van der Waals surface area contributed by atoms with Crippen LogP contribution in [0.15, 0.2) is 11.5 Å². The fraction of sp³-hybridized carbons (Fsp3) is 0.600. The molecule has 1 aliphatic rings. The maximum Gasteiger partial charge on any atom is 0.230 e. The fourth-order valence-corrected chi connectivity index (χ4v) is 0.600. The average Bonchev–Trinajstić information content (AvgIpc) is 2.33. The minimum atomic E-state index is -0.212. The van der Waals surface area contributed by atoms with Gasteiger partial charge in [0, 0.05) is 0 Å². The summed E-state index contributed by atoms with van der Waals surface area (Å²) in [6.45, 7) is -0.322. The second kappa shape index (κ2) is 2.70. The van der Waals surface area contributed by atoms with Crippen molar-refractivity contribution in [3.05, 3.63) is 11.5 Å². The van der Waals surface area contributed by atoms with Gasteiger partial charge in [-0.05, 0) is 0 Å². The van der Waals surface area contributed by atoms with Crippen molar-refractivity contribution in [1.82, 2.24) is 0 Å². The van der Waals surface area contributed by atoms with E-state index in [4.69, 9.17) is 19.7 Å². The Morgan fingerprint density at radius 1 is 1.11 bits per heavy atom. The predicted molar refractivity (Wildman–Crippen MR) is 28.2 cm³/mol. The van der Waals surface area contributed by atoms with Gasteiger partial charge in [0.25, 0.3) is 0 Å². The van der Waals surface area contributed by atoms with Crippen molar-refractivity contribution in [2.24, 2.45) is 0 Å². The quantitative estimate of drug-likeness (QED) is 0.515. The zero-order valence-electron chi connectivity index (χ0n) is 4.83. The second-order valence-corrected chi connectivity index (χ2v) is 1.57. The van der Waals surface area contributed by atoms with Crippen LogP contribution in [-0.2, 0) is 9.47 Å². The Labute approximate surface area is 52.3 Å². The molecule has 0 atom stereocenters. The van der Waals surface area contributed by atoms with Crippen LogP contribution in [0.4, 0.5) is 0 Å². The number of ether oxygens (including phenoxy) is 2. The molecular formula is C5H8O4. The molecule has 0 saturated carbocycles. The lowest BCUT2D eigenvalue weighted by Gasteiger charge is -1.93. The Hall–Kier alpha value is -0.740. The molecule has 0 aromatic rings. The first-order valence-corrected chi connectivity index (χ1v) is 2.58. The number of hydrogen-bond acceptors (Lipinski definition) is 4. The Morgan fingerprint density at radius 3 is 1.89 bits per heavy atom. The zero-order chi connectivity index (χ0) is 6.69. The van der Waals surface area contributed by atoms with Crippen LogP contribution in [0.1, 0.15) is 0 Å². The average molecular weight is 132 g/mol. The lowest BCUT2D eigenvalue weighted by molar-refractivity contribution is 0.0548. The molecule has 9 heavy (non-hydrogen) atoms. The maximum absolute atomic E-state index is 8.49. The molecule has 0 spiro atoms. The first kappa shape index (κ1) is 6.38. The van der Waals surface area contributed by atoms with Crippen LogP contribution in [0.5, 0.6) is 0 Å². The molecule has 0 radical (unpaired) electrons. The molecule has 1 aliphatic heterocycles. The summed E-state index contributed by atoms with van der Waals surface area (Å²) in [5.41, 5.74) is 0. The summed E-state index contributed by atoms with van der Waals surface area (Å²) in [6.07, 6.45) is 0. The van der Waals surface area contributed by atoms with Crippen molar-refractivity contribution >= 4 is 0 Å². The maximum atomic E-state index is 8.49. The van der Waals surface area contributed by atoms with Gasteiger partial charge in [-0.25, -0.2) is 0 Å². The lowest BCUT2D eigenvalue weighted by Crippen LogP contribution is -1.95. The molecule has 1 heterocycles. The number of rotatable bonds is 2. The summed E-state index contributed by atoms with van der Waals surface area (Å²) in [6, 6.07) is 0.